The first kappa shape index (κ1) is 19.4. The summed E-state index contributed by atoms with van der Waals surface area (Å²) in [5.74, 6) is -2.92. The van der Waals surface area contributed by atoms with Crippen molar-refractivity contribution in [1.82, 2.24) is 14.8 Å². The summed E-state index contributed by atoms with van der Waals surface area (Å²) >= 11 is 0. The Balaban J connectivity index is 2.52. The Kier molecular flexibility index (Phi) is 5.55. The van der Waals surface area contributed by atoms with Gasteiger partial charge in [-0.1, -0.05) is 13.0 Å². The standard InChI is InChI=1S/C15H19F2N3O4S/c1-10(11(2)24-25(3,22)23)15(21,7-20-9-18-8-19-20)14-12(16)5-4-6-13(14)17/h4-6,8-11,21H,7H2,1-3H3. The third-order valence-corrected chi connectivity index (χ3v) is 4.70. The predicted octanol–water partition coefficient (Wildman–Crippen LogP) is 1.44. The van der Waals surface area contributed by atoms with Crippen LogP contribution in [0.15, 0.2) is 30.9 Å². The van der Waals surface area contributed by atoms with Crippen molar-refractivity contribution < 1.29 is 26.5 Å². The number of benzene rings is 1. The van der Waals surface area contributed by atoms with E-state index in [1.54, 1.807) is 0 Å². The lowest BCUT2D eigenvalue weighted by Crippen LogP contribution is -2.45. The maximum atomic E-state index is 14.3. The Labute approximate surface area is 144 Å². The molecule has 3 unspecified atom stereocenters. The second-order valence-corrected chi connectivity index (χ2v) is 7.51. The molecule has 0 amide bonds. The molecule has 7 nitrogen and oxygen atoms in total. The smallest absolute Gasteiger partial charge is 0.264 e. The lowest BCUT2D eigenvalue weighted by molar-refractivity contribution is -0.0750. The molecule has 10 heteroatoms. The molecular weight excluding hydrogens is 356 g/mol. The normalized spacial score (nSPS) is 17.0. The van der Waals surface area contributed by atoms with Crippen molar-refractivity contribution in [1.29, 1.82) is 0 Å². The largest absolute Gasteiger partial charge is 0.383 e. The summed E-state index contributed by atoms with van der Waals surface area (Å²) in [6.07, 6.45) is 2.29. The Hall–Kier alpha value is -1.91. The number of halogens is 2. The molecule has 0 radical (unpaired) electrons. The zero-order chi connectivity index (χ0) is 18.8. The predicted molar refractivity (Wildman–Crippen MR) is 84.8 cm³/mol. The van der Waals surface area contributed by atoms with Gasteiger partial charge in [0.05, 0.1) is 24.5 Å². The first-order valence-electron chi connectivity index (χ1n) is 7.42. The van der Waals surface area contributed by atoms with Crippen LogP contribution < -0.4 is 0 Å². The van der Waals surface area contributed by atoms with E-state index in [-0.39, 0.29) is 6.54 Å². The number of aromatic nitrogens is 3. The fourth-order valence-corrected chi connectivity index (χ4v) is 3.39. The first-order valence-corrected chi connectivity index (χ1v) is 9.24. The van der Waals surface area contributed by atoms with E-state index in [1.807, 2.05) is 0 Å². The van der Waals surface area contributed by atoms with Gasteiger partial charge in [-0.2, -0.15) is 13.5 Å². The summed E-state index contributed by atoms with van der Waals surface area (Å²) in [4.78, 5) is 3.73. The van der Waals surface area contributed by atoms with Crippen molar-refractivity contribution in [2.45, 2.75) is 32.1 Å². The van der Waals surface area contributed by atoms with Crippen molar-refractivity contribution in [2.75, 3.05) is 6.26 Å². The molecule has 0 aliphatic heterocycles. The summed E-state index contributed by atoms with van der Waals surface area (Å²) in [7, 11) is -3.83. The van der Waals surface area contributed by atoms with Crippen molar-refractivity contribution in [3.63, 3.8) is 0 Å². The fraction of sp³-hybridized carbons (Fsp3) is 0.467. The number of hydrogen-bond donors (Lipinski definition) is 1. The molecule has 0 aliphatic rings. The van der Waals surface area contributed by atoms with Gasteiger partial charge < -0.3 is 5.11 Å². The van der Waals surface area contributed by atoms with E-state index in [0.717, 1.165) is 18.4 Å². The van der Waals surface area contributed by atoms with Crippen LogP contribution in [0.2, 0.25) is 0 Å². The average molecular weight is 375 g/mol. The molecule has 1 aromatic carbocycles. The van der Waals surface area contributed by atoms with Gasteiger partial charge in [-0.05, 0) is 19.1 Å². The van der Waals surface area contributed by atoms with Crippen LogP contribution in [0.5, 0.6) is 0 Å². The molecule has 0 spiro atoms. The topological polar surface area (TPSA) is 94.3 Å². The molecule has 138 valence electrons. The van der Waals surface area contributed by atoms with Gasteiger partial charge >= 0.3 is 0 Å². The molecule has 0 bridgehead atoms. The minimum Gasteiger partial charge on any atom is -0.383 e. The van der Waals surface area contributed by atoms with Crippen LogP contribution in [0.3, 0.4) is 0 Å². The van der Waals surface area contributed by atoms with Crippen LogP contribution in [0.25, 0.3) is 0 Å². The highest BCUT2D eigenvalue weighted by atomic mass is 32.2. The van der Waals surface area contributed by atoms with Gasteiger partial charge in [-0.3, -0.25) is 4.18 Å². The van der Waals surface area contributed by atoms with E-state index in [9.17, 15) is 22.3 Å². The van der Waals surface area contributed by atoms with Gasteiger partial charge in [0.2, 0.25) is 0 Å². The lowest BCUT2D eigenvalue weighted by atomic mass is 9.79. The molecule has 2 aromatic rings. The number of nitrogens with zero attached hydrogens (tertiary/aromatic N) is 3. The zero-order valence-corrected chi connectivity index (χ0v) is 14.7. The van der Waals surface area contributed by atoms with Crippen LogP contribution in [0.4, 0.5) is 8.78 Å². The Morgan fingerprint density at radius 2 is 1.92 bits per heavy atom. The molecule has 1 N–H and O–H groups in total. The highest BCUT2D eigenvalue weighted by molar-refractivity contribution is 7.86. The molecular formula is C15H19F2N3O4S. The quantitative estimate of drug-likeness (QED) is 0.736. The first-order chi connectivity index (χ1) is 11.5. The molecule has 2 rings (SSSR count). The Bertz CT molecular complexity index is 809. The van der Waals surface area contributed by atoms with Crippen LogP contribution in [-0.2, 0) is 26.4 Å². The van der Waals surface area contributed by atoms with Gasteiger partial charge in [0.15, 0.2) is 0 Å². The van der Waals surface area contributed by atoms with Gasteiger partial charge in [0, 0.05) is 5.92 Å². The van der Waals surface area contributed by atoms with Crippen LogP contribution in [0.1, 0.15) is 19.4 Å². The van der Waals surface area contributed by atoms with Crippen molar-refractivity contribution in [2.24, 2.45) is 5.92 Å². The van der Waals surface area contributed by atoms with E-state index < -0.39 is 44.9 Å². The molecule has 25 heavy (non-hydrogen) atoms. The van der Waals surface area contributed by atoms with Crippen molar-refractivity contribution in [3.05, 3.63) is 48.1 Å². The number of aliphatic hydroxyl groups is 1. The molecule has 3 atom stereocenters. The summed E-state index contributed by atoms with van der Waals surface area (Å²) in [5, 5.41) is 15.1. The summed E-state index contributed by atoms with van der Waals surface area (Å²) < 4.78 is 57.5. The summed E-state index contributed by atoms with van der Waals surface area (Å²) in [6.45, 7) is 2.50. The zero-order valence-electron chi connectivity index (χ0n) is 13.9. The monoisotopic (exact) mass is 375 g/mol. The minimum atomic E-state index is -3.83. The van der Waals surface area contributed by atoms with E-state index in [4.69, 9.17) is 4.18 Å². The van der Waals surface area contributed by atoms with Gasteiger partial charge in [-0.15, -0.1) is 0 Å². The van der Waals surface area contributed by atoms with Crippen molar-refractivity contribution in [3.8, 4) is 0 Å². The third-order valence-electron chi connectivity index (χ3n) is 4.05. The van der Waals surface area contributed by atoms with Gasteiger partial charge in [-0.25, -0.2) is 18.4 Å². The van der Waals surface area contributed by atoms with E-state index in [1.165, 1.54) is 37.3 Å². The van der Waals surface area contributed by atoms with E-state index in [0.29, 0.717) is 0 Å². The second-order valence-electron chi connectivity index (χ2n) is 5.91. The molecule has 1 aromatic heterocycles. The fourth-order valence-electron chi connectivity index (χ4n) is 2.67. The highest BCUT2D eigenvalue weighted by Gasteiger charge is 2.44. The summed E-state index contributed by atoms with van der Waals surface area (Å²) in [5.41, 5.74) is -2.71. The minimum absolute atomic E-state index is 0.344. The van der Waals surface area contributed by atoms with Gasteiger partial charge in [0.25, 0.3) is 10.1 Å². The molecule has 0 saturated heterocycles. The second kappa shape index (κ2) is 7.14. The highest BCUT2D eigenvalue weighted by Crippen LogP contribution is 2.37. The summed E-state index contributed by atoms with van der Waals surface area (Å²) in [6, 6.07) is 3.20. The molecule has 0 aliphatic carbocycles. The van der Waals surface area contributed by atoms with Gasteiger partial charge in [0.1, 0.15) is 29.9 Å². The molecule has 0 saturated carbocycles. The molecule has 0 fully saturated rings. The maximum absolute atomic E-state index is 14.3. The Morgan fingerprint density at radius 1 is 1.32 bits per heavy atom. The van der Waals surface area contributed by atoms with E-state index >= 15 is 0 Å². The maximum Gasteiger partial charge on any atom is 0.264 e. The third kappa shape index (κ3) is 4.39. The van der Waals surface area contributed by atoms with Crippen LogP contribution >= 0.6 is 0 Å². The van der Waals surface area contributed by atoms with Crippen LogP contribution in [-0.4, -0.2) is 40.6 Å². The molecule has 1 heterocycles. The van der Waals surface area contributed by atoms with Crippen LogP contribution in [0, 0.1) is 17.6 Å². The van der Waals surface area contributed by atoms with E-state index in [2.05, 4.69) is 10.1 Å². The Morgan fingerprint density at radius 3 is 2.40 bits per heavy atom. The average Bonchev–Trinajstić information content (AvgIpc) is 2.97. The number of hydrogen-bond acceptors (Lipinski definition) is 6. The van der Waals surface area contributed by atoms with Crippen molar-refractivity contribution >= 4 is 10.1 Å². The number of rotatable bonds is 7. The lowest BCUT2D eigenvalue weighted by Gasteiger charge is -2.37. The SMILES string of the molecule is CC(OS(C)(=O)=O)C(C)C(O)(Cn1cncn1)c1c(F)cccc1F.